The zero-order valence-electron chi connectivity index (χ0n) is 16.6. The third-order valence-corrected chi connectivity index (χ3v) is 6.93. The Morgan fingerprint density at radius 1 is 1.39 bits per heavy atom. The molecule has 2 unspecified atom stereocenters. The lowest BCUT2D eigenvalue weighted by Crippen LogP contribution is -2.77. The molecular formula is C20H20ClFN4O5. The van der Waals surface area contributed by atoms with Gasteiger partial charge in [0, 0.05) is 24.2 Å². The van der Waals surface area contributed by atoms with Crippen molar-refractivity contribution >= 4 is 23.6 Å². The molecule has 1 aromatic heterocycles. The summed E-state index contributed by atoms with van der Waals surface area (Å²) in [6, 6.07) is 3.81. The van der Waals surface area contributed by atoms with Crippen LogP contribution in [0.3, 0.4) is 0 Å². The molecule has 2 N–H and O–H groups in total. The molecule has 1 saturated heterocycles. The van der Waals surface area contributed by atoms with E-state index in [4.69, 9.17) is 25.9 Å². The number of hydrogen-bond donors (Lipinski definition) is 2. The monoisotopic (exact) mass is 450 g/mol. The van der Waals surface area contributed by atoms with Crippen LogP contribution in [0, 0.1) is 5.82 Å². The van der Waals surface area contributed by atoms with Crippen LogP contribution in [-0.2, 0) is 10.2 Å². The van der Waals surface area contributed by atoms with Crippen molar-refractivity contribution in [2.75, 3.05) is 13.2 Å². The summed E-state index contributed by atoms with van der Waals surface area (Å²) in [4.78, 5) is 24.6. The van der Waals surface area contributed by atoms with Gasteiger partial charge in [-0.1, -0.05) is 11.6 Å². The predicted octanol–water partition coefficient (Wildman–Crippen LogP) is 2.70. The van der Waals surface area contributed by atoms with Gasteiger partial charge in [-0.25, -0.2) is 9.18 Å². The van der Waals surface area contributed by atoms with Crippen LogP contribution in [0.5, 0.6) is 5.75 Å². The molecule has 2 aromatic rings. The van der Waals surface area contributed by atoms with Gasteiger partial charge in [0.1, 0.15) is 11.6 Å². The molecule has 3 aliphatic carbocycles. The Balaban J connectivity index is 1.12. The molecule has 6 rings (SSSR count). The Bertz CT molecular complexity index is 1060. The molecule has 31 heavy (non-hydrogen) atoms. The zero-order chi connectivity index (χ0) is 22.0. The maximum Gasteiger partial charge on any atom is 0.407 e. The molecule has 2 bridgehead atoms. The van der Waals surface area contributed by atoms with E-state index in [-0.39, 0.29) is 46.2 Å². The number of nitrogens with one attached hydrogen (secondary N) is 1. The van der Waals surface area contributed by atoms with Crippen LogP contribution in [0.25, 0.3) is 0 Å². The molecule has 2 heterocycles. The van der Waals surface area contributed by atoms with Crippen LogP contribution in [-0.4, -0.2) is 56.9 Å². The molecule has 0 spiro atoms. The number of hydrogen-bond acceptors (Lipinski definition) is 6. The second-order valence-corrected chi connectivity index (χ2v) is 9.14. The molecule has 164 valence electrons. The molecule has 1 aliphatic heterocycles. The van der Waals surface area contributed by atoms with Crippen LogP contribution in [0.2, 0.25) is 5.02 Å². The highest BCUT2D eigenvalue weighted by Crippen LogP contribution is 2.67. The standard InChI is InChI=1S/C20H20ClFN4O5/c1-10-12(5-26(10)18(28)29)16-24-25-17(31-16)19-7-20(8-19,9-19)23-15(27)6-30-11-2-3-13(21)14(22)4-11/h2-4,10,12H,5-9H2,1H3,(H,23,27)(H,28,29). The van der Waals surface area contributed by atoms with E-state index in [9.17, 15) is 14.0 Å². The second kappa shape index (κ2) is 6.81. The van der Waals surface area contributed by atoms with E-state index in [1.807, 2.05) is 6.92 Å². The number of halogens is 2. The number of carbonyl (C=O) groups excluding carboxylic acids is 1. The topological polar surface area (TPSA) is 118 Å². The Morgan fingerprint density at radius 3 is 2.77 bits per heavy atom. The fraction of sp³-hybridized carbons (Fsp3) is 0.500. The maximum absolute atomic E-state index is 13.4. The molecular weight excluding hydrogens is 431 g/mol. The average Bonchev–Trinajstić information content (AvgIpc) is 3.12. The summed E-state index contributed by atoms with van der Waals surface area (Å²) in [6.45, 7) is 1.95. The van der Waals surface area contributed by atoms with E-state index in [1.165, 1.54) is 17.0 Å². The Hall–Kier alpha value is -2.88. The van der Waals surface area contributed by atoms with Crippen molar-refractivity contribution in [3.63, 3.8) is 0 Å². The number of likely N-dealkylation sites (tertiary alicyclic amines) is 1. The highest BCUT2D eigenvalue weighted by Gasteiger charge is 2.72. The van der Waals surface area contributed by atoms with Gasteiger partial charge in [0.25, 0.3) is 5.91 Å². The molecule has 11 heteroatoms. The molecule has 4 fully saturated rings. The zero-order valence-corrected chi connectivity index (χ0v) is 17.4. The largest absolute Gasteiger partial charge is 0.484 e. The molecule has 4 aliphatic rings. The number of benzene rings is 1. The Kier molecular flexibility index (Phi) is 4.40. The van der Waals surface area contributed by atoms with Crippen molar-refractivity contribution in [3.05, 3.63) is 40.8 Å². The van der Waals surface area contributed by atoms with Gasteiger partial charge in [0.05, 0.1) is 16.4 Å². The van der Waals surface area contributed by atoms with Crippen LogP contribution in [0.1, 0.15) is 43.9 Å². The summed E-state index contributed by atoms with van der Waals surface area (Å²) in [5, 5.41) is 20.4. The first-order valence-corrected chi connectivity index (χ1v) is 10.3. The number of aromatic nitrogens is 2. The van der Waals surface area contributed by atoms with E-state index in [0.29, 0.717) is 37.6 Å². The SMILES string of the molecule is CC1C(c2nnc(C34CC(NC(=O)COc5ccc(Cl)c(F)c5)(C3)C4)o2)CN1C(=O)O. The van der Waals surface area contributed by atoms with Crippen molar-refractivity contribution in [3.8, 4) is 5.75 Å². The lowest BCUT2D eigenvalue weighted by molar-refractivity contribution is -0.143. The van der Waals surface area contributed by atoms with Crippen molar-refractivity contribution in [2.45, 2.75) is 49.1 Å². The number of rotatable bonds is 6. The normalized spacial score (nSPS) is 30.6. The quantitative estimate of drug-likeness (QED) is 0.694. The predicted molar refractivity (Wildman–Crippen MR) is 105 cm³/mol. The van der Waals surface area contributed by atoms with Crippen molar-refractivity contribution in [2.24, 2.45) is 0 Å². The van der Waals surface area contributed by atoms with E-state index in [1.54, 1.807) is 0 Å². The van der Waals surface area contributed by atoms with E-state index < -0.39 is 11.9 Å². The molecule has 9 nitrogen and oxygen atoms in total. The van der Waals surface area contributed by atoms with Crippen LogP contribution < -0.4 is 10.1 Å². The van der Waals surface area contributed by atoms with E-state index in [2.05, 4.69) is 15.5 Å². The maximum atomic E-state index is 13.4. The average molecular weight is 451 g/mol. The van der Waals surface area contributed by atoms with Gasteiger partial charge >= 0.3 is 6.09 Å². The van der Waals surface area contributed by atoms with Gasteiger partial charge in [-0.15, -0.1) is 10.2 Å². The number of amides is 2. The second-order valence-electron chi connectivity index (χ2n) is 8.73. The van der Waals surface area contributed by atoms with Crippen molar-refractivity contribution in [1.29, 1.82) is 0 Å². The number of nitrogens with zero attached hydrogens (tertiary/aromatic N) is 3. The lowest BCUT2D eigenvalue weighted by Gasteiger charge is -2.68. The molecule has 2 amide bonds. The molecule has 1 aromatic carbocycles. The van der Waals surface area contributed by atoms with Gasteiger partial charge in [0.15, 0.2) is 6.61 Å². The minimum atomic E-state index is -0.953. The third-order valence-electron chi connectivity index (χ3n) is 6.62. The lowest BCUT2D eigenvalue weighted by atomic mass is 9.39. The summed E-state index contributed by atoms with van der Waals surface area (Å²) < 4.78 is 24.7. The van der Waals surface area contributed by atoms with Gasteiger partial charge in [-0.2, -0.15) is 0 Å². The minimum Gasteiger partial charge on any atom is -0.484 e. The number of ether oxygens (including phenoxy) is 1. The highest BCUT2D eigenvalue weighted by molar-refractivity contribution is 6.30. The Morgan fingerprint density at radius 2 is 2.13 bits per heavy atom. The summed E-state index contributed by atoms with van der Waals surface area (Å²) in [5.41, 5.74) is -0.525. The fourth-order valence-corrected chi connectivity index (χ4v) is 5.06. The first kappa shape index (κ1) is 20.0. The van der Waals surface area contributed by atoms with Crippen LogP contribution in [0.15, 0.2) is 22.6 Å². The van der Waals surface area contributed by atoms with Gasteiger partial charge < -0.3 is 24.5 Å². The molecule has 3 saturated carbocycles. The van der Waals surface area contributed by atoms with Crippen molar-refractivity contribution < 1.29 is 28.2 Å². The van der Waals surface area contributed by atoms with Crippen molar-refractivity contribution in [1.82, 2.24) is 20.4 Å². The van der Waals surface area contributed by atoms with E-state index in [0.717, 1.165) is 6.07 Å². The Labute approximate surface area is 181 Å². The smallest absolute Gasteiger partial charge is 0.407 e. The van der Waals surface area contributed by atoms with E-state index >= 15 is 0 Å². The summed E-state index contributed by atoms with van der Waals surface area (Å²) in [7, 11) is 0. The fourth-order valence-electron chi connectivity index (χ4n) is 4.94. The first-order valence-electron chi connectivity index (χ1n) is 9.93. The van der Waals surface area contributed by atoms with Gasteiger partial charge in [-0.3, -0.25) is 4.79 Å². The summed E-state index contributed by atoms with van der Waals surface area (Å²) >= 11 is 5.63. The van der Waals surface area contributed by atoms with Gasteiger partial charge in [-0.05, 0) is 38.3 Å². The third kappa shape index (κ3) is 3.20. The van der Waals surface area contributed by atoms with Crippen LogP contribution in [0.4, 0.5) is 9.18 Å². The highest BCUT2D eigenvalue weighted by atomic mass is 35.5. The van der Waals surface area contributed by atoms with Crippen LogP contribution >= 0.6 is 11.6 Å². The summed E-state index contributed by atoms with van der Waals surface area (Å²) in [6.07, 6.45) is 1.14. The number of carboxylic acid groups (broad SMARTS) is 1. The number of carbonyl (C=O) groups is 2. The summed E-state index contributed by atoms with van der Waals surface area (Å²) in [5.74, 6) is 0.266. The van der Waals surface area contributed by atoms with Gasteiger partial charge in [0.2, 0.25) is 11.8 Å². The first-order chi connectivity index (χ1) is 14.7. The molecule has 0 radical (unpaired) electrons. The minimum absolute atomic E-state index is 0.00822. The molecule has 2 atom stereocenters.